The number of halogens is 1. The van der Waals surface area contributed by atoms with Crippen molar-refractivity contribution >= 4 is 35.2 Å². The van der Waals surface area contributed by atoms with Crippen LogP contribution in [0.2, 0.25) is 5.02 Å². The molecule has 2 saturated heterocycles. The SMILES string of the molecule is CCCCC(CC)C(=O)N1CCC2(CC1)SCCN2C(=O)c1ccccc1Cl. The van der Waals surface area contributed by atoms with Gasteiger partial charge in [-0.2, -0.15) is 0 Å². The van der Waals surface area contributed by atoms with Crippen molar-refractivity contribution in [2.75, 3.05) is 25.4 Å². The first-order chi connectivity index (χ1) is 13.5. The minimum Gasteiger partial charge on any atom is -0.342 e. The number of benzene rings is 1. The van der Waals surface area contributed by atoms with Crippen molar-refractivity contribution in [1.29, 1.82) is 0 Å². The highest BCUT2D eigenvalue weighted by molar-refractivity contribution is 8.00. The summed E-state index contributed by atoms with van der Waals surface area (Å²) in [6.07, 6.45) is 5.81. The normalized spacial score (nSPS) is 19.8. The van der Waals surface area contributed by atoms with Crippen molar-refractivity contribution in [2.45, 2.75) is 57.2 Å². The Morgan fingerprint density at radius 2 is 1.89 bits per heavy atom. The second-order valence-electron chi connectivity index (χ2n) is 7.80. The molecule has 3 rings (SSSR count). The monoisotopic (exact) mass is 422 g/mol. The van der Waals surface area contributed by atoms with Gasteiger partial charge in [0.25, 0.3) is 5.91 Å². The fraction of sp³-hybridized carbons (Fsp3) is 0.636. The topological polar surface area (TPSA) is 40.6 Å². The number of nitrogens with zero attached hydrogens (tertiary/aromatic N) is 2. The van der Waals surface area contributed by atoms with Crippen LogP contribution in [0, 0.1) is 5.92 Å². The minimum absolute atomic E-state index is 0.0183. The Bertz CT molecular complexity index is 704. The molecule has 1 unspecified atom stereocenters. The predicted molar refractivity (Wildman–Crippen MR) is 117 cm³/mol. The number of amides is 2. The molecule has 0 aromatic heterocycles. The van der Waals surface area contributed by atoms with E-state index in [1.807, 2.05) is 33.7 Å². The fourth-order valence-corrected chi connectivity index (χ4v) is 6.05. The van der Waals surface area contributed by atoms with Gasteiger partial charge in [-0.3, -0.25) is 9.59 Å². The molecule has 0 bridgehead atoms. The van der Waals surface area contributed by atoms with E-state index in [4.69, 9.17) is 11.6 Å². The van der Waals surface area contributed by atoms with E-state index in [2.05, 4.69) is 13.8 Å². The van der Waals surface area contributed by atoms with Crippen LogP contribution >= 0.6 is 23.4 Å². The third-order valence-electron chi connectivity index (χ3n) is 6.13. The summed E-state index contributed by atoms with van der Waals surface area (Å²) in [5.41, 5.74) is 0.579. The zero-order chi connectivity index (χ0) is 20.1. The molecule has 0 saturated carbocycles. The molecule has 1 aromatic carbocycles. The quantitative estimate of drug-likeness (QED) is 0.642. The Kier molecular flexibility index (Phi) is 7.32. The summed E-state index contributed by atoms with van der Waals surface area (Å²) >= 11 is 8.14. The van der Waals surface area contributed by atoms with Crippen molar-refractivity contribution in [3.8, 4) is 0 Å². The molecule has 2 aliphatic heterocycles. The Balaban J connectivity index is 1.67. The van der Waals surface area contributed by atoms with E-state index >= 15 is 0 Å². The highest BCUT2D eigenvalue weighted by atomic mass is 35.5. The molecule has 0 aliphatic carbocycles. The van der Waals surface area contributed by atoms with Gasteiger partial charge in [-0.05, 0) is 37.8 Å². The van der Waals surface area contributed by atoms with E-state index in [9.17, 15) is 9.59 Å². The van der Waals surface area contributed by atoms with Gasteiger partial charge in [0.1, 0.15) is 0 Å². The van der Waals surface area contributed by atoms with Gasteiger partial charge >= 0.3 is 0 Å². The van der Waals surface area contributed by atoms with E-state index in [0.29, 0.717) is 16.5 Å². The second kappa shape index (κ2) is 9.53. The maximum absolute atomic E-state index is 13.2. The average Bonchev–Trinajstić information content (AvgIpc) is 3.11. The Morgan fingerprint density at radius 3 is 2.54 bits per heavy atom. The summed E-state index contributed by atoms with van der Waals surface area (Å²) in [5.74, 6) is 1.41. The van der Waals surface area contributed by atoms with E-state index in [-0.39, 0.29) is 16.7 Å². The molecule has 1 aromatic rings. The van der Waals surface area contributed by atoms with Crippen LogP contribution in [0.5, 0.6) is 0 Å². The van der Waals surface area contributed by atoms with Crippen LogP contribution in [0.1, 0.15) is 62.7 Å². The number of carbonyl (C=O) groups is 2. The van der Waals surface area contributed by atoms with E-state index < -0.39 is 0 Å². The summed E-state index contributed by atoms with van der Waals surface area (Å²) in [5, 5.41) is 0.508. The lowest BCUT2D eigenvalue weighted by atomic mass is 9.95. The van der Waals surface area contributed by atoms with Crippen LogP contribution in [0.15, 0.2) is 24.3 Å². The third kappa shape index (κ3) is 4.35. The highest BCUT2D eigenvalue weighted by Gasteiger charge is 2.47. The van der Waals surface area contributed by atoms with Gasteiger partial charge in [-0.1, -0.05) is 50.4 Å². The number of likely N-dealkylation sites (tertiary alicyclic amines) is 1. The van der Waals surface area contributed by atoms with Gasteiger partial charge < -0.3 is 9.80 Å². The average molecular weight is 423 g/mol. The summed E-state index contributed by atoms with van der Waals surface area (Å²) in [7, 11) is 0. The molecule has 0 N–H and O–H groups in total. The number of piperidine rings is 1. The largest absolute Gasteiger partial charge is 0.342 e. The summed E-state index contributed by atoms with van der Waals surface area (Å²) < 4.78 is 0. The minimum atomic E-state index is -0.196. The van der Waals surface area contributed by atoms with Crippen molar-refractivity contribution < 1.29 is 9.59 Å². The van der Waals surface area contributed by atoms with Crippen LogP contribution < -0.4 is 0 Å². The van der Waals surface area contributed by atoms with Gasteiger partial charge in [0, 0.05) is 31.3 Å². The van der Waals surface area contributed by atoms with Crippen molar-refractivity contribution in [3.63, 3.8) is 0 Å². The van der Waals surface area contributed by atoms with Crippen LogP contribution in [-0.2, 0) is 4.79 Å². The molecule has 1 spiro atoms. The Labute approximate surface area is 178 Å². The van der Waals surface area contributed by atoms with Crippen molar-refractivity contribution in [2.24, 2.45) is 5.92 Å². The summed E-state index contributed by atoms with van der Waals surface area (Å²) in [6, 6.07) is 7.28. The number of unbranched alkanes of at least 4 members (excludes halogenated alkanes) is 1. The van der Waals surface area contributed by atoms with Gasteiger partial charge in [0.05, 0.1) is 15.5 Å². The first-order valence-corrected chi connectivity index (χ1v) is 11.9. The third-order valence-corrected chi connectivity index (χ3v) is 8.01. The maximum atomic E-state index is 13.2. The van der Waals surface area contributed by atoms with Crippen LogP contribution in [0.4, 0.5) is 0 Å². The number of rotatable bonds is 6. The molecular formula is C22H31ClN2O2S. The van der Waals surface area contributed by atoms with Crippen LogP contribution in [0.3, 0.4) is 0 Å². The summed E-state index contributed by atoms with van der Waals surface area (Å²) in [6.45, 7) is 6.50. The van der Waals surface area contributed by atoms with Gasteiger partial charge in [-0.15, -0.1) is 11.8 Å². The van der Waals surface area contributed by atoms with Gasteiger partial charge in [-0.25, -0.2) is 0 Å². The predicted octanol–water partition coefficient (Wildman–Crippen LogP) is 5.06. The number of hydrogen-bond acceptors (Lipinski definition) is 3. The van der Waals surface area contributed by atoms with Crippen LogP contribution in [0.25, 0.3) is 0 Å². The lowest BCUT2D eigenvalue weighted by Crippen LogP contribution is -2.54. The van der Waals surface area contributed by atoms with E-state index in [0.717, 1.165) is 63.9 Å². The Hall–Kier alpha value is -1.20. The first-order valence-electron chi connectivity index (χ1n) is 10.5. The second-order valence-corrected chi connectivity index (χ2v) is 9.67. The molecule has 28 heavy (non-hydrogen) atoms. The first kappa shape index (κ1) is 21.5. The zero-order valence-corrected chi connectivity index (χ0v) is 18.5. The smallest absolute Gasteiger partial charge is 0.256 e. The lowest BCUT2D eigenvalue weighted by molar-refractivity contribution is -0.137. The summed E-state index contributed by atoms with van der Waals surface area (Å²) in [4.78, 5) is 30.0. The molecule has 154 valence electrons. The molecule has 6 heteroatoms. The standard InChI is InChI=1S/C22H31ClN2O2S/c1-3-5-8-17(4-2)20(26)24-13-11-22(12-14-24)25(15-16-28-22)21(27)18-9-6-7-10-19(18)23/h6-7,9-10,17H,3-5,8,11-16H2,1-2H3. The lowest BCUT2D eigenvalue weighted by Gasteiger charge is -2.44. The van der Waals surface area contributed by atoms with Crippen LogP contribution in [-0.4, -0.2) is 51.9 Å². The molecule has 0 radical (unpaired) electrons. The maximum Gasteiger partial charge on any atom is 0.256 e. The molecular weight excluding hydrogens is 392 g/mol. The highest BCUT2D eigenvalue weighted by Crippen LogP contribution is 2.45. The molecule has 4 nitrogen and oxygen atoms in total. The molecule has 2 amide bonds. The zero-order valence-electron chi connectivity index (χ0n) is 17.0. The van der Waals surface area contributed by atoms with Gasteiger partial charge in [0.2, 0.25) is 5.91 Å². The van der Waals surface area contributed by atoms with E-state index in [1.165, 1.54) is 0 Å². The number of carbonyl (C=O) groups excluding carboxylic acids is 2. The van der Waals surface area contributed by atoms with Crippen molar-refractivity contribution in [1.82, 2.24) is 9.80 Å². The number of thioether (sulfide) groups is 1. The van der Waals surface area contributed by atoms with Crippen molar-refractivity contribution in [3.05, 3.63) is 34.9 Å². The molecule has 2 aliphatic rings. The Morgan fingerprint density at radius 1 is 1.18 bits per heavy atom. The molecule has 2 fully saturated rings. The molecule has 1 atom stereocenters. The fourth-order valence-electron chi connectivity index (χ4n) is 4.38. The van der Waals surface area contributed by atoms with E-state index in [1.54, 1.807) is 12.1 Å². The van der Waals surface area contributed by atoms with Gasteiger partial charge in [0.15, 0.2) is 0 Å². The molecule has 2 heterocycles. The number of hydrogen-bond donors (Lipinski definition) is 0.